The molecule has 0 fully saturated rings. The van der Waals surface area contributed by atoms with E-state index in [1.807, 2.05) is 0 Å². The monoisotopic (exact) mass is 224 g/mol. The van der Waals surface area contributed by atoms with Crippen LogP contribution in [0.1, 0.15) is 59.8 Å². The Bertz CT molecular complexity index is 209. The van der Waals surface area contributed by atoms with Gasteiger partial charge in [0.05, 0.1) is 6.61 Å². The molecule has 0 aromatic carbocycles. The number of unbranched alkanes of at least 4 members (excludes halogenated alkanes) is 2. The fourth-order valence-electron chi connectivity index (χ4n) is 1.43. The third kappa shape index (κ3) is 11.5. The summed E-state index contributed by atoms with van der Waals surface area (Å²) < 4.78 is 5.54. The molecule has 0 unspecified atom stereocenters. The maximum atomic E-state index is 5.54. The zero-order valence-electron chi connectivity index (χ0n) is 11.5. The van der Waals surface area contributed by atoms with Gasteiger partial charge < -0.3 is 4.74 Å². The van der Waals surface area contributed by atoms with Gasteiger partial charge in [-0.05, 0) is 40.0 Å². The van der Waals surface area contributed by atoms with Crippen LogP contribution in [0.25, 0.3) is 0 Å². The van der Waals surface area contributed by atoms with E-state index in [1.54, 1.807) is 0 Å². The van der Waals surface area contributed by atoms with Crippen molar-refractivity contribution in [3.05, 3.63) is 23.3 Å². The highest BCUT2D eigenvalue weighted by atomic mass is 16.5. The lowest BCUT2D eigenvalue weighted by Gasteiger charge is -2.02. The zero-order chi connectivity index (χ0) is 12.2. The van der Waals surface area contributed by atoms with Crippen molar-refractivity contribution in [2.45, 2.75) is 59.8 Å². The Morgan fingerprint density at radius 2 is 1.81 bits per heavy atom. The summed E-state index contributed by atoms with van der Waals surface area (Å²) in [7, 11) is 0. The number of rotatable bonds is 9. The van der Waals surface area contributed by atoms with E-state index >= 15 is 0 Å². The molecule has 0 aliphatic heterocycles. The first kappa shape index (κ1) is 15.4. The number of ether oxygens (including phenoxy) is 1. The lowest BCUT2D eigenvalue weighted by Crippen LogP contribution is -1.94. The summed E-state index contributed by atoms with van der Waals surface area (Å²) >= 11 is 0. The summed E-state index contributed by atoms with van der Waals surface area (Å²) in [5, 5.41) is 0. The summed E-state index contributed by atoms with van der Waals surface area (Å²) in [5.74, 6) is 0. The van der Waals surface area contributed by atoms with Crippen LogP contribution in [0.2, 0.25) is 0 Å². The summed E-state index contributed by atoms with van der Waals surface area (Å²) in [6.07, 6.45) is 10.6. The third-order valence-corrected chi connectivity index (χ3v) is 2.53. The van der Waals surface area contributed by atoms with Gasteiger partial charge in [0.2, 0.25) is 0 Å². The standard InChI is InChI=1S/C15H28O/c1-5-6-7-12-16-13-11-15(4)10-8-9-14(2)3/h9,11H,5-8,10,12-13H2,1-4H3/b15-11+. The largest absolute Gasteiger partial charge is 0.377 e. The maximum Gasteiger partial charge on any atom is 0.0649 e. The molecule has 0 heterocycles. The molecule has 94 valence electrons. The normalized spacial score (nSPS) is 11.6. The number of allylic oxidation sites excluding steroid dienone is 3. The molecule has 0 bridgehead atoms. The smallest absolute Gasteiger partial charge is 0.0649 e. The molecule has 0 aliphatic rings. The molecule has 0 spiro atoms. The highest BCUT2D eigenvalue weighted by molar-refractivity contribution is 5.02. The van der Waals surface area contributed by atoms with Gasteiger partial charge in [0, 0.05) is 6.61 Å². The Labute approximate surface area is 102 Å². The molecule has 0 saturated heterocycles. The SMILES string of the molecule is CCCCCOC/C=C(\C)CCC=C(C)C. The van der Waals surface area contributed by atoms with Crippen LogP contribution in [0.15, 0.2) is 23.3 Å². The predicted molar refractivity (Wildman–Crippen MR) is 72.8 cm³/mol. The number of hydrogen-bond donors (Lipinski definition) is 0. The first-order chi connectivity index (χ1) is 7.66. The molecule has 16 heavy (non-hydrogen) atoms. The van der Waals surface area contributed by atoms with Crippen LogP contribution in [0, 0.1) is 0 Å². The second kappa shape index (κ2) is 10.9. The minimum absolute atomic E-state index is 0.782. The van der Waals surface area contributed by atoms with Crippen molar-refractivity contribution < 1.29 is 4.74 Å². The van der Waals surface area contributed by atoms with Gasteiger partial charge in [-0.25, -0.2) is 0 Å². The van der Waals surface area contributed by atoms with E-state index in [2.05, 4.69) is 39.8 Å². The van der Waals surface area contributed by atoms with E-state index in [0.717, 1.165) is 26.1 Å². The van der Waals surface area contributed by atoms with Gasteiger partial charge in [-0.3, -0.25) is 0 Å². The second-order valence-corrected chi connectivity index (χ2v) is 4.65. The van der Waals surface area contributed by atoms with E-state index in [1.165, 1.54) is 30.4 Å². The second-order valence-electron chi connectivity index (χ2n) is 4.65. The van der Waals surface area contributed by atoms with Crippen molar-refractivity contribution in [3.8, 4) is 0 Å². The van der Waals surface area contributed by atoms with Gasteiger partial charge in [0.15, 0.2) is 0 Å². The summed E-state index contributed by atoms with van der Waals surface area (Å²) in [5.41, 5.74) is 2.84. The van der Waals surface area contributed by atoms with E-state index in [9.17, 15) is 0 Å². The summed E-state index contributed by atoms with van der Waals surface area (Å²) in [6.45, 7) is 10.4. The fourth-order valence-corrected chi connectivity index (χ4v) is 1.43. The number of hydrogen-bond acceptors (Lipinski definition) is 1. The van der Waals surface area contributed by atoms with Crippen LogP contribution >= 0.6 is 0 Å². The Morgan fingerprint density at radius 1 is 1.06 bits per heavy atom. The van der Waals surface area contributed by atoms with Crippen molar-refractivity contribution in [2.24, 2.45) is 0 Å². The van der Waals surface area contributed by atoms with Gasteiger partial charge >= 0.3 is 0 Å². The third-order valence-electron chi connectivity index (χ3n) is 2.53. The van der Waals surface area contributed by atoms with Gasteiger partial charge in [0.25, 0.3) is 0 Å². The van der Waals surface area contributed by atoms with Gasteiger partial charge in [-0.2, -0.15) is 0 Å². The van der Waals surface area contributed by atoms with Crippen LogP contribution in [-0.2, 0) is 4.74 Å². The van der Waals surface area contributed by atoms with Crippen LogP contribution in [0.3, 0.4) is 0 Å². The molecule has 1 nitrogen and oxygen atoms in total. The molecular formula is C15H28O. The van der Waals surface area contributed by atoms with Crippen LogP contribution in [0.4, 0.5) is 0 Å². The molecule has 1 heteroatoms. The quantitative estimate of drug-likeness (QED) is 0.400. The molecule has 0 saturated carbocycles. The molecule has 0 N–H and O–H groups in total. The molecule has 0 aromatic heterocycles. The molecule has 0 aromatic rings. The lowest BCUT2D eigenvalue weighted by atomic mass is 10.1. The minimum Gasteiger partial charge on any atom is -0.377 e. The van der Waals surface area contributed by atoms with E-state index in [0.29, 0.717) is 0 Å². The topological polar surface area (TPSA) is 9.23 Å². The summed E-state index contributed by atoms with van der Waals surface area (Å²) in [6, 6.07) is 0. The fraction of sp³-hybridized carbons (Fsp3) is 0.733. The maximum absolute atomic E-state index is 5.54. The van der Waals surface area contributed by atoms with Crippen molar-refractivity contribution in [2.75, 3.05) is 13.2 Å². The minimum atomic E-state index is 0.782. The van der Waals surface area contributed by atoms with Gasteiger partial charge in [-0.1, -0.05) is 43.1 Å². The molecule has 0 atom stereocenters. The van der Waals surface area contributed by atoms with E-state index < -0.39 is 0 Å². The highest BCUT2D eigenvalue weighted by Crippen LogP contribution is 2.06. The average molecular weight is 224 g/mol. The Kier molecular flexibility index (Phi) is 10.6. The Balaban J connectivity index is 3.44. The average Bonchev–Trinajstić information content (AvgIpc) is 2.22. The van der Waals surface area contributed by atoms with E-state index in [4.69, 9.17) is 4.74 Å². The van der Waals surface area contributed by atoms with Crippen LogP contribution < -0.4 is 0 Å². The van der Waals surface area contributed by atoms with Crippen molar-refractivity contribution in [3.63, 3.8) is 0 Å². The van der Waals surface area contributed by atoms with Crippen molar-refractivity contribution in [1.29, 1.82) is 0 Å². The molecule has 0 radical (unpaired) electrons. The Morgan fingerprint density at radius 3 is 2.44 bits per heavy atom. The Hall–Kier alpha value is -0.560. The van der Waals surface area contributed by atoms with Crippen molar-refractivity contribution >= 4 is 0 Å². The van der Waals surface area contributed by atoms with Crippen LogP contribution in [-0.4, -0.2) is 13.2 Å². The highest BCUT2D eigenvalue weighted by Gasteiger charge is 1.90. The van der Waals surface area contributed by atoms with Gasteiger partial charge in [0.1, 0.15) is 0 Å². The first-order valence-electron chi connectivity index (χ1n) is 6.53. The van der Waals surface area contributed by atoms with Crippen LogP contribution in [0.5, 0.6) is 0 Å². The van der Waals surface area contributed by atoms with Gasteiger partial charge in [-0.15, -0.1) is 0 Å². The van der Waals surface area contributed by atoms with Crippen molar-refractivity contribution in [1.82, 2.24) is 0 Å². The summed E-state index contributed by atoms with van der Waals surface area (Å²) in [4.78, 5) is 0. The molecule has 0 aliphatic carbocycles. The molecular weight excluding hydrogens is 196 g/mol. The van der Waals surface area contributed by atoms with E-state index in [-0.39, 0.29) is 0 Å². The molecule has 0 amide bonds. The lowest BCUT2D eigenvalue weighted by molar-refractivity contribution is 0.157. The molecule has 0 rings (SSSR count). The first-order valence-corrected chi connectivity index (χ1v) is 6.53. The zero-order valence-corrected chi connectivity index (χ0v) is 11.5. The predicted octanol–water partition coefficient (Wildman–Crippen LogP) is 4.89.